The fourth-order valence-electron chi connectivity index (χ4n) is 8.28. The fraction of sp³-hybridized carbons (Fsp3) is 0. The molecule has 0 atom stereocenters. The molecule has 0 radical (unpaired) electrons. The Morgan fingerprint density at radius 2 is 0.544 bits per heavy atom. The van der Waals surface area contributed by atoms with E-state index in [1.807, 2.05) is 0 Å². The summed E-state index contributed by atoms with van der Waals surface area (Å²) in [4.78, 5) is 2.45. The maximum absolute atomic E-state index is 2.45. The highest BCUT2D eigenvalue weighted by Crippen LogP contribution is 2.50. The Bertz CT molecular complexity index is 2970. The van der Waals surface area contributed by atoms with Crippen molar-refractivity contribution in [2.45, 2.75) is 0 Å². The van der Waals surface area contributed by atoms with E-state index in [1.54, 1.807) is 0 Å². The molecule has 0 amide bonds. The molecule has 1 nitrogen and oxygen atoms in total. The number of fused-ring (bicyclic) bond motifs is 3. The number of hydrogen-bond donors (Lipinski definition) is 0. The summed E-state index contributed by atoms with van der Waals surface area (Å²) in [6.07, 6.45) is 0. The van der Waals surface area contributed by atoms with Gasteiger partial charge in [0, 0.05) is 22.3 Å². The average Bonchev–Trinajstić information content (AvgIpc) is 3.30. The Hall–Kier alpha value is -7.48. The molecule has 1 heteroatoms. The molecule has 0 aliphatic heterocycles. The minimum absolute atomic E-state index is 1.10. The highest BCUT2D eigenvalue weighted by Gasteiger charge is 2.23. The fourth-order valence-corrected chi connectivity index (χ4v) is 8.28. The van der Waals surface area contributed by atoms with Gasteiger partial charge in [-0.1, -0.05) is 200 Å². The van der Waals surface area contributed by atoms with E-state index in [9.17, 15) is 0 Å². The van der Waals surface area contributed by atoms with Crippen molar-refractivity contribution in [3.05, 3.63) is 237 Å². The minimum atomic E-state index is 1.10. The first-order valence-electron chi connectivity index (χ1n) is 19.6. The lowest BCUT2D eigenvalue weighted by atomic mass is 9.89. The lowest BCUT2D eigenvalue weighted by Gasteiger charge is -2.31. The van der Waals surface area contributed by atoms with E-state index < -0.39 is 0 Å². The summed E-state index contributed by atoms with van der Waals surface area (Å²) in [5.74, 6) is 0. The Balaban J connectivity index is 1.10. The smallest absolute Gasteiger partial charge is 0.0624 e. The van der Waals surface area contributed by atoms with Gasteiger partial charge in [0.1, 0.15) is 0 Å². The number of rotatable bonds is 8. The molecular formula is C56H39N. The SMILES string of the molecule is c1ccc(-c2cccc(-c3ccc(-c4ccc(N(c5ccccc5)c5c(-c6cccc(-c7ccccc7)c6)c6ccccc6c6ccccc56)cc4)cc3)c2)cc1. The number of anilines is 3. The van der Waals surface area contributed by atoms with Gasteiger partial charge >= 0.3 is 0 Å². The van der Waals surface area contributed by atoms with Gasteiger partial charge in [0.2, 0.25) is 0 Å². The zero-order valence-electron chi connectivity index (χ0n) is 31.5. The van der Waals surface area contributed by atoms with Crippen LogP contribution in [0.1, 0.15) is 0 Å². The summed E-state index contributed by atoms with van der Waals surface area (Å²) in [5, 5.41) is 4.91. The molecule has 0 heterocycles. The predicted octanol–water partition coefficient (Wildman–Crippen LogP) is 15.8. The van der Waals surface area contributed by atoms with Crippen LogP contribution >= 0.6 is 0 Å². The number of benzene rings is 10. The Labute approximate surface area is 334 Å². The summed E-state index contributed by atoms with van der Waals surface area (Å²) < 4.78 is 0. The molecule has 10 rings (SSSR count). The van der Waals surface area contributed by atoms with Crippen LogP contribution in [-0.2, 0) is 0 Å². The molecule has 10 aromatic carbocycles. The molecule has 0 N–H and O–H groups in total. The molecule has 0 aliphatic carbocycles. The van der Waals surface area contributed by atoms with Crippen molar-refractivity contribution < 1.29 is 0 Å². The summed E-state index contributed by atoms with van der Waals surface area (Å²) in [6, 6.07) is 85.6. The van der Waals surface area contributed by atoms with Gasteiger partial charge < -0.3 is 4.90 Å². The largest absolute Gasteiger partial charge is 0.309 e. The number of nitrogens with zero attached hydrogens (tertiary/aromatic N) is 1. The van der Waals surface area contributed by atoms with Crippen molar-refractivity contribution in [3.8, 4) is 55.6 Å². The third-order valence-electron chi connectivity index (χ3n) is 11.0. The molecule has 0 aromatic heterocycles. The topological polar surface area (TPSA) is 3.24 Å². The van der Waals surface area contributed by atoms with Crippen LogP contribution in [0.2, 0.25) is 0 Å². The van der Waals surface area contributed by atoms with Gasteiger partial charge in [0.25, 0.3) is 0 Å². The molecule has 0 spiro atoms. The first-order chi connectivity index (χ1) is 28.3. The van der Waals surface area contributed by atoms with Crippen molar-refractivity contribution in [2.24, 2.45) is 0 Å². The van der Waals surface area contributed by atoms with Gasteiger partial charge in [0.15, 0.2) is 0 Å². The monoisotopic (exact) mass is 725 g/mol. The molecule has 0 bridgehead atoms. The maximum atomic E-state index is 2.45. The molecule has 57 heavy (non-hydrogen) atoms. The van der Waals surface area contributed by atoms with Crippen LogP contribution in [0.25, 0.3) is 77.2 Å². The average molecular weight is 726 g/mol. The second-order valence-corrected chi connectivity index (χ2v) is 14.5. The molecule has 0 saturated carbocycles. The molecule has 0 unspecified atom stereocenters. The van der Waals surface area contributed by atoms with Crippen LogP contribution < -0.4 is 4.90 Å². The van der Waals surface area contributed by atoms with E-state index >= 15 is 0 Å². The highest BCUT2D eigenvalue weighted by atomic mass is 15.1. The van der Waals surface area contributed by atoms with Crippen molar-refractivity contribution >= 4 is 38.6 Å². The van der Waals surface area contributed by atoms with Crippen LogP contribution in [0.15, 0.2) is 237 Å². The summed E-state index contributed by atoms with van der Waals surface area (Å²) >= 11 is 0. The quantitative estimate of drug-likeness (QED) is 0.141. The van der Waals surface area contributed by atoms with Crippen LogP contribution in [-0.4, -0.2) is 0 Å². The first-order valence-corrected chi connectivity index (χ1v) is 19.6. The number of hydrogen-bond acceptors (Lipinski definition) is 1. The zero-order chi connectivity index (χ0) is 38.0. The molecule has 268 valence electrons. The molecule has 0 fully saturated rings. The standard InChI is InChI=1S/C56H39N/c1-4-16-40(17-5-1)45-20-14-21-46(38-45)44-32-30-42(31-33-44)43-34-36-50(37-35-43)57(49-24-8-3-9-25-49)56-54-29-13-11-27-52(54)51-26-10-12-28-53(51)55(56)48-23-15-22-47(39-48)41-18-6-2-7-19-41/h1-39H. The molecule has 0 saturated heterocycles. The highest BCUT2D eigenvalue weighted by molar-refractivity contribution is 6.22. The van der Waals surface area contributed by atoms with Gasteiger partial charge in [-0.25, -0.2) is 0 Å². The van der Waals surface area contributed by atoms with Crippen molar-refractivity contribution in [1.29, 1.82) is 0 Å². The molecule has 0 aliphatic rings. The van der Waals surface area contributed by atoms with E-state index in [2.05, 4.69) is 241 Å². The van der Waals surface area contributed by atoms with Crippen molar-refractivity contribution in [1.82, 2.24) is 0 Å². The van der Waals surface area contributed by atoms with Crippen LogP contribution in [0.5, 0.6) is 0 Å². The van der Waals surface area contributed by atoms with Gasteiger partial charge in [-0.15, -0.1) is 0 Å². The van der Waals surface area contributed by atoms with Gasteiger partial charge in [0.05, 0.1) is 5.69 Å². The molecular weight excluding hydrogens is 687 g/mol. The zero-order valence-corrected chi connectivity index (χ0v) is 31.5. The predicted molar refractivity (Wildman–Crippen MR) is 243 cm³/mol. The van der Waals surface area contributed by atoms with Crippen molar-refractivity contribution in [3.63, 3.8) is 0 Å². The second kappa shape index (κ2) is 15.0. The summed E-state index contributed by atoms with van der Waals surface area (Å²) in [5.41, 5.74) is 15.4. The van der Waals surface area contributed by atoms with Gasteiger partial charge in [-0.05, 0) is 103 Å². The Kier molecular flexibility index (Phi) is 8.95. The van der Waals surface area contributed by atoms with Crippen LogP contribution in [0.3, 0.4) is 0 Å². The first kappa shape index (κ1) is 34.0. The third kappa shape index (κ3) is 6.56. The lowest BCUT2D eigenvalue weighted by molar-refractivity contribution is 1.30. The van der Waals surface area contributed by atoms with Crippen LogP contribution in [0, 0.1) is 0 Å². The van der Waals surface area contributed by atoms with E-state index in [-0.39, 0.29) is 0 Å². The van der Waals surface area contributed by atoms with E-state index in [4.69, 9.17) is 0 Å². The second-order valence-electron chi connectivity index (χ2n) is 14.5. The maximum Gasteiger partial charge on any atom is 0.0624 e. The van der Waals surface area contributed by atoms with E-state index in [0.29, 0.717) is 0 Å². The minimum Gasteiger partial charge on any atom is -0.309 e. The lowest BCUT2D eigenvalue weighted by Crippen LogP contribution is -2.12. The van der Waals surface area contributed by atoms with Gasteiger partial charge in [-0.3, -0.25) is 0 Å². The Morgan fingerprint density at radius 1 is 0.211 bits per heavy atom. The summed E-state index contributed by atoms with van der Waals surface area (Å²) in [7, 11) is 0. The normalized spacial score (nSPS) is 11.2. The van der Waals surface area contributed by atoms with Gasteiger partial charge in [-0.2, -0.15) is 0 Å². The van der Waals surface area contributed by atoms with E-state index in [1.165, 1.54) is 77.2 Å². The Morgan fingerprint density at radius 3 is 1.09 bits per heavy atom. The van der Waals surface area contributed by atoms with Crippen LogP contribution in [0.4, 0.5) is 17.1 Å². The van der Waals surface area contributed by atoms with Crippen molar-refractivity contribution in [2.75, 3.05) is 4.90 Å². The summed E-state index contributed by atoms with van der Waals surface area (Å²) in [6.45, 7) is 0. The molecule has 10 aromatic rings. The van der Waals surface area contributed by atoms with E-state index in [0.717, 1.165) is 17.1 Å². The number of para-hydroxylation sites is 1. The third-order valence-corrected chi connectivity index (χ3v) is 11.0.